The van der Waals surface area contributed by atoms with Crippen LogP contribution in [0.25, 0.3) is 22.3 Å². The Kier molecular flexibility index (Phi) is 13.0. The first-order valence-corrected chi connectivity index (χ1v) is 19.5. The lowest BCUT2D eigenvalue weighted by Crippen LogP contribution is -2.61. The molecule has 3 aromatic carbocycles. The molecule has 0 saturated carbocycles. The number of phenolic OH excluding ortho intramolecular Hbond substituents is 8. The van der Waals surface area contributed by atoms with Gasteiger partial charge in [-0.05, 0) is 24.6 Å². The molecule has 63 heavy (non-hydrogen) atoms. The fourth-order valence-corrected chi connectivity index (χ4v) is 8.51. The third-order valence-corrected chi connectivity index (χ3v) is 11.4. The van der Waals surface area contributed by atoms with Crippen molar-refractivity contribution in [3.63, 3.8) is 0 Å². The summed E-state index contributed by atoms with van der Waals surface area (Å²) in [6.07, 6.45) is -9.49. The molecule has 7 rings (SSSR count). The minimum atomic E-state index is -1.37. The van der Waals surface area contributed by atoms with Gasteiger partial charge in [0.1, 0.15) is 31.0 Å². The van der Waals surface area contributed by atoms with Crippen LogP contribution in [0, 0.1) is 5.92 Å². The number of aromatic hydroxyl groups is 8. The van der Waals surface area contributed by atoms with Crippen LogP contribution < -0.4 is 0 Å². The smallest absolute Gasteiger partial charge is 0.339 e. The maximum atomic E-state index is 14.4. The van der Waals surface area contributed by atoms with Crippen molar-refractivity contribution in [3.8, 4) is 68.2 Å². The summed E-state index contributed by atoms with van der Waals surface area (Å²) in [6, 6.07) is 2.09. The maximum absolute atomic E-state index is 14.4. The maximum Gasteiger partial charge on any atom is 0.339 e. The van der Waals surface area contributed by atoms with E-state index in [4.69, 9.17) is 52.1 Å². The summed E-state index contributed by atoms with van der Waals surface area (Å²) in [6.45, 7) is 1.18. The van der Waals surface area contributed by atoms with E-state index in [1.165, 1.54) is 28.4 Å². The van der Waals surface area contributed by atoms with Gasteiger partial charge in [-0.3, -0.25) is 0 Å². The Morgan fingerprint density at radius 2 is 1.25 bits per heavy atom. The molecule has 3 saturated heterocycles. The van der Waals surface area contributed by atoms with Gasteiger partial charge in [0.15, 0.2) is 59.3 Å². The Labute approximate surface area is 357 Å². The van der Waals surface area contributed by atoms with Crippen LogP contribution in [0.4, 0.5) is 0 Å². The highest BCUT2D eigenvalue weighted by molar-refractivity contribution is 6.10. The number of benzene rings is 3. The zero-order chi connectivity index (χ0) is 45.6. The van der Waals surface area contributed by atoms with Gasteiger partial charge in [-0.15, -0.1) is 0 Å². The van der Waals surface area contributed by atoms with Crippen LogP contribution in [0.15, 0.2) is 18.2 Å². The van der Waals surface area contributed by atoms with E-state index in [1.807, 2.05) is 0 Å². The van der Waals surface area contributed by atoms with Crippen LogP contribution >= 0.6 is 0 Å². The summed E-state index contributed by atoms with van der Waals surface area (Å²) in [5, 5.41) is 89.2. The summed E-state index contributed by atoms with van der Waals surface area (Å²) >= 11 is 0. The van der Waals surface area contributed by atoms with Crippen molar-refractivity contribution >= 4 is 17.9 Å². The predicted molar refractivity (Wildman–Crippen MR) is 207 cm³/mol. The molecule has 4 aliphatic rings. The number of carbonyl (C=O) groups is 3. The van der Waals surface area contributed by atoms with Crippen molar-refractivity contribution in [3.05, 3.63) is 34.9 Å². The van der Waals surface area contributed by atoms with E-state index < -0.39 is 171 Å². The fourth-order valence-electron chi connectivity index (χ4n) is 8.51. The molecule has 10 unspecified atom stereocenters. The van der Waals surface area contributed by atoms with Crippen LogP contribution in [0.1, 0.15) is 44.4 Å². The van der Waals surface area contributed by atoms with Crippen LogP contribution in [0.3, 0.4) is 0 Å². The van der Waals surface area contributed by atoms with E-state index in [0.717, 1.165) is 6.07 Å². The van der Waals surface area contributed by atoms with E-state index in [-0.39, 0.29) is 19.8 Å². The summed E-state index contributed by atoms with van der Waals surface area (Å²) in [5.41, 5.74) is -5.71. The molecule has 4 heterocycles. The second-order valence-corrected chi connectivity index (χ2v) is 14.9. The number of hydrogen-bond donors (Lipinski definition) is 8. The third-order valence-electron chi connectivity index (χ3n) is 11.4. The standard InChI is InChI=1S/C41H46O22/c1-6-14-32(54-3)21(12-53-2)60-40(55-4)33(14)62-38(51)17-10-19(42)27(45)29(47)23(17)15-9-16-24(30(48)26(15)44)25-18(11-20(43)28(46)31(25)49)39(52)63-35-34-22(13-59-37(16)50)61-41(56-5)36(35)58-8-7-57-34/h9-11,14,21-22,32-36,40-49H,6-8,12-13H2,1-5H3. The Bertz CT molecular complexity index is 2260. The zero-order valence-electron chi connectivity index (χ0n) is 34.3. The quantitative estimate of drug-likeness (QED) is 0.0866. The van der Waals surface area contributed by atoms with E-state index in [2.05, 4.69) is 0 Å². The number of fused-ring (bicyclic) bond motifs is 3. The van der Waals surface area contributed by atoms with Gasteiger partial charge in [-0.25, -0.2) is 14.4 Å². The minimum Gasteiger partial charge on any atom is -0.504 e. The molecule has 0 radical (unpaired) electrons. The van der Waals surface area contributed by atoms with Crippen molar-refractivity contribution in [2.75, 3.05) is 54.9 Å². The van der Waals surface area contributed by atoms with Gasteiger partial charge in [-0.1, -0.05) is 6.92 Å². The number of ether oxygens (including phenoxy) is 11. The van der Waals surface area contributed by atoms with E-state index in [9.17, 15) is 55.2 Å². The van der Waals surface area contributed by atoms with E-state index >= 15 is 0 Å². The van der Waals surface area contributed by atoms with Crippen molar-refractivity contribution in [2.24, 2.45) is 5.92 Å². The minimum absolute atomic E-state index is 0.00333. The second kappa shape index (κ2) is 18.1. The highest BCUT2D eigenvalue weighted by Gasteiger charge is 2.53. The molecule has 0 spiro atoms. The Morgan fingerprint density at radius 1 is 0.651 bits per heavy atom. The molecule has 4 bridgehead atoms. The number of methoxy groups -OCH3 is 4. The molecule has 4 aliphatic heterocycles. The first-order valence-electron chi connectivity index (χ1n) is 19.5. The normalized spacial score (nSPS) is 28.3. The molecule has 22 heteroatoms. The van der Waals surface area contributed by atoms with Crippen LogP contribution in [-0.2, 0) is 52.1 Å². The SMILES string of the molecule is CCC1C(OC)C(COC)OC(OC)C1OC(=O)c1cc(O)c(O)c(O)c1-c1cc2c(c(O)c1O)-c1c(cc(O)c(O)c1O)C(=O)OC1C3OCCOC1C(OC)OC3COC2=O. The van der Waals surface area contributed by atoms with Crippen LogP contribution in [0.5, 0.6) is 46.0 Å². The molecule has 0 amide bonds. The molecule has 22 nitrogen and oxygen atoms in total. The summed E-state index contributed by atoms with van der Waals surface area (Å²) in [5.74, 6) is -14.3. The monoisotopic (exact) mass is 890 g/mol. The molecule has 10 atom stereocenters. The first kappa shape index (κ1) is 45.2. The molecule has 0 aromatic heterocycles. The fraction of sp³-hybridized carbons (Fsp3) is 0.488. The average Bonchev–Trinajstić information content (AvgIpc) is 3.42. The highest BCUT2D eigenvalue weighted by Crippen LogP contribution is 2.56. The summed E-state index contributed by atoms with van der Waals surface area (Å²) in [7, 11) is 5.45. The Morgan fingerprint density at radius 3 is 1.87 bits per heavy atom. The summed E-state index contributed by atoms with van der Waals surface area (Å²) in [4.78, 5) is 42.9. The number of carbonyl (C=O) groups excluding carboxylic acids is 3. The largest absolute Gasteiger partial charge is 0.504 e. The van der Waals surface area contributed by atoms with Crippen molar-refractivity contribution in [2.45, 2.75) is 68.7 Å². The molecule has 8 N–H and O–H groups in total. The van der Waals surface area contributed by atoms with Gasteiger partial charge < -0.3 is 93.0 Å². The molecular weight excluding hydrogens is 844 g/mol. The van der Waals surface area contributed by atoms with Crippen molar-refractivity contribution in [1.82, 2.24) is 0 Å². The molecule has 3 fully saturated rings. The molecule has 342 valence electrons. The van der Waals surface area contributed by atoms with Gasteiger partial charge in [0, 0.05) is 56.6 Å². The second-order valence-electron chi connectivity index (χ2n) is 14.9. The van der Waals surface area contributed by atoms with E-state index in [0.29, 0.717) is 18.6 Å². The number of cyclic esters (lactones) is 1. The van der Waals surface area contributed by atoms with Crippen LogP contribution in [-0.4, -0.2) is 169 Å². The number of esters is 3. The van der Waals surface area contributed by atoms with Gasteiger partial charge in [0.25, 0.3) is 0 Å². The lowest BCUT2D eigenvalue weighted by molar-refractivity contribution is -0.292. The number of hydrogen-bond acceptors (Lipinski definition) is 22. The first-order chi connectivity index (χ1) is 30.1. The van der Waals surface area contributed by atoms with E-state index in [1.54, 1.807) is 6.92 Å². The van der Waals surface area contributed by atoms with Gasteiger partial charge >= 0.3 is 17.9 Å². The summed E-state index contributed by atoms with van der Waals surface area (Å²) < 4.78 is 63.1. The molecular formula is C41H46O22. The topological polar surface area (TPSA) is 315 Å². The highest BCUT2D eigenvalue weighted by atomic mass is 16.7. The Balaban J connectivity index is 1.42. The molecule has 0 aliphatic carbocycles. The average molecular weight is 891 g/mol. The van der Waals surface area contributed by atoms with Crippen molar-refractivity contribution in [1.29, 1.82) is 0 Å². The number of phenols is 8. The zero-order valence-corrected chi connectivity index (χ0v) is 34.3. The van der Waals surface area contributed by atoms with Gasteiger partial charge in [0.05, 0.1) is 42.6 Å². The van der Waals surface area contributed by atoms with Gasteiger partial charge in [-0.2, -0.15) is 0 Å². The van der Waals surface area contributed by atoms with Crippen molar-refractivity contribution < 1.29 is 107 Å². The third kappa shape index (κ3) is 7.81. The molecule has 3 aromatic rings. The number of rotatable bonds is 9. The Hall–Kier alpha value is -5.85. The lowest BCUT2D eigenvalue weighted by Gasteiger charge is -2.44. The lowest BCUT2D eigenvalue weighted by atomic mass is 9.86. The predicted octanol–water partition coefficient (Wildman–Crippen LogP) is 2.10. The van der Waals surface area contributed by atoms with Crippen LogP contribution in [0.2, 0.25) is 0 Å². The van der Waals surface area contributed by atoms with Gasteiger partial charge in [0.2, 0.25) is 11.5 Å².